The molecule has 8 heteroatoms. The molecule has 0 aromatic carbocycles. The second-order valence-electron chi connectivity index (χ2n) is 2.81. The Hall–Kier alpha value is -0.950. The highest BCUT2D eigenvalue weighted by atomic mass is 35.5. The number of alkyl halides is 5. The molecule has 0 bridgehead atoms. The number of pyridine rings is 1. The molecular formula is C8H5ClF5NO. The SMILES string of the molecule is OCc1c(C(F)F)ncc(C(F)(F)F)c1Cl. The molecule has 0 fully saturated rings. The van der Waals surface area contributed by atoms with E-state index in [4.69, 9.17) is 16.7 Å². The predicted molar refractivity (Wildman–Crippen MR) is 45.1 cm³/mol. The van der Waals surface area contributed by atoms with Gasteiger partial charge in [-0.15, -0.1) is 0 Å². The molecule has 1 aromatic heterocycles. The molecule has 0 radical (unpaired) electrons. The van der Waals surface area contributed by atoms with Gasteiger partial charge in [-0.05, 0) is 0 Å². The minimum atomic E-state index is -4.80. The van der Waals surface area contributed by atoms with Crippen LogP contribution in [-0.2, 0) is 12.8 Å². The monoisotopic (exact) mass is 261 g/mol. The van der Waals surface area contributed by atoms with E-state index in [-0.39, 0.29) is 6.20 Å². The van der Waals surface area contributed by atoms with Crippen molar-refractivity contribution in [1.82, 2.24) is 4.98 Å². The molecule has 0 unspecified atom stereocenters. The van der Waals surface area contributed by atoms with Gasteiger partial charge >= 0.3 is 6.18 Å². The number of aliphatic hydroxyl groups is 1. The minimum Gasteiger partial charge on any atom is -0.392 e. The fraction of sp³-hybridized carbons (Fsp3) is 0.375. The van der Waals surface area contributed by atoms with E-state index < -0.39 is 41.1 Å². The Morgan fingerprint density at radius 2 is 1.94 bits per heavy atom. The lowest BCUT2D eigenvalue weighted by molar-refractivity contribution is -0.137. The Bertz CT molecular complexity index is 393. The Labute approximate surface area is 91.7 Å². The van der Waals surface area contributed by atoms with Gasteiger partial charge in [-0.2, -0.15) is 13.2 Å². The maximum Gasteiger partial charge on any atom is 0.419 e. The van der Waals surface area contributed by atoms with Crippen LogP contribution >= 0.6 is 11.6 Å². The molecule has 1 aromatic rings. The van der Waals surface area contributed by atoms with Crippen LogP contribution in [0.2, 0.25) is 5.02 Å². The normalized spacial score (nSPS) is 12.2. The summed E-state index contributed by atoms with van der Waals surface area (Å²) >= 11 is 5.29. The Morgan fingerprint density at radius 1 is 1.38 bits per heavy atom. The average Bonchev–Trinajstić information content (AvgIpc) is 2.14. The average molecular weight is 262 g/mol. The Kier molecular flexibility index (Phi) is 3.69. The summed E-state index contributed by atoms with van der Waals surface area (Å²) in [5.74, 6) is 0. The summed E-state index contributed by atoms with van der Waals surface area (Å²) < 4.78 is 61.5. The second kappa shape index (κ2) is 4.50. The van der Waals surface area contributed by atoms with Gasteiger partial charge < -0.3 is 5.11 Å². The highest BCUT2D eigenvalue weighted by Gasteiger charge is 2.36. The summed E-state index contributed by atoms with van der Waals surface area (Å²) in [6.07, 6.45) is -7.67. The molecule has 1 heterocycles. The molecule has 0 aliphatic rings. The molecule has 2 nitrogen and oxygen atoms in total. The van der Waals surface area contributed by atoms with Crippen LogP contribution < -0.4 is 0 Å². The molecule has 0 saturated carbocycles. The summed E-state index contributed by atoms with van der Waals surface area (Å²) in [5.41, 5.74) is -2.99. The van der Waals surface area contributed by atoms with Crippen LogP contribution in [0.15, 0.2) is 6.20 Å². The van der Waals surface area contributed by atoms with Gasteiger partial charge in [-0.3, -0.25) is 4.98 Å². The smallest absolute Gasteiger partial charge is 0.392 e. The van der Waals surface area contributed by atoms with Crippen molar-refractivity contribution in [3.63, 3.8) is 0 Å². The quantitative estimate of drug-likeness (QED) is 0.830. The highest BCUT2D eigenvalue weighted by molar-refractivity contribution is 6.32. The summed E-state index contributed by atoms with van der Waals surface area (Å²) in [5, 5.41) is 7.77. The van der Waals surface area contributed by atoms with Crippen LogP contribution in [0.1, 0.15) is 23.2 Å². The third kappa shape index (κ3) is 2.41. The van der Waals surface area contributed by atoms with Gasteiger partial charge in [0.1, 0.15) is 5.69 Å². The van der Waals surface area contributed by atoms with E-state index in [1.165, 1.54) is 0 Å². The van der Waals surface area contributed by atoms with Crippen LogP contribution in [0.25, 0.3) is 0 Å². The zero-order chi connectivity index (χ0) is 12.5. The largest absolute Gasteiger partial charge is 0.419 e. The van der Waals surface area contributed by atoms with Gasteiger partial charge in [0.15, 0.2) is 0 Å². The van der Waals surface area contributed by atoms with E-state index in [2.05, 4.69) is 4.98 Å². The lowest BCUT2D eigenvalue weighted by atomic mass is 10.1. The number of hydrogen-bond acceptors (Lipinski definition) is 2. The molecule has 0 aliphatic heterocycles. The van der Waals surface area contributed by atoms with Crippen molar-refractivity contribution in [3.8, 4) is 0 Å². The maximum atomic E-state index is 12.3. The summed E-state index contributed by atoms with van der Waals surface area (Å²) in [7, 11) is 0. The molecule has 0 amide bonds. The Morgan fingerprint density at radius 3 is 2.31 bits per heavy atom. The number of hydrogen-bond donors (Lipinski definition) is 1. The van der Waals surface area contributed by atoms with E-state index in [0.717, 1.165) is 0 Å². The van der Waals surface area contributed by atoms with Crippen LogP contribution in [0.3, 0.4) is 0 Å². The van der Waals surface area contributed by atoms with Gasteiger partial charge in [0.25, 0.3) is 6.43 Å². The lowest BCUT2D eigenvalue weighted by Crippen LogP contribution is -2.11. The zero-order valence-electron chi connectivity index (χ0n) is 7.52. The topological polar surface area (TPSA) is 33.1 Å². The third-order valence-corrected chi connectivity index (χ3v) is 2.25. The van der Waals surface area contributed by atoms with Crippen LogP contribution in [0.5, 0.6) is 0 Å². The first-order chi connectivity index (χ1) is 7.29. The molecular weight excluding hydrogens is 257 g/mol. The van der Waals surface area contributed by atoms with Crippen molar-refractivity contribution in [2.45, 2.75) is 19.2 Å². The van der Waals surface area contributed by atoms with Crippen molar-refractivity contribution in [3.05, 3.63) is 28.0 Å². The van der Waals surface area contributed by atoms with Crippen molar-refractivity contribution < 1.29 is 27.1 Å². The fourth-order valence-corrected chi connectivity index (χ4v) is 1.39. The van der Waals surface area contributed by atoms with Crippen molar-refractivity contribution >= 4 is 11.6 Å². The van der Waals surface area contributed by atoms with E-state index >= 15 is 0 Å². The van der Waals surface area contributed by atoms with Gasteiger partial charge in [-0.1, -0.05) is 11.6 Å². The number of nitrogens with zero attached hydrogens (tertiary/aromatic N) is 1. The Balaban J connectivity index is 3.41. The second-order valence-corrected chi connectivity index (χ2v) is 3.18. The molecule has 0 aliphatic carbocycles. The van der Waals surface area contributed by atoms with Gasteiger partial charge in [-0.25, -0.2) is 8.78 Å². The summed E-state index contributed by atoms with van der Waals surface area (Å²) in [6.45, 7) is -1.03. The minimum absolute atomic E-state index is 0.225. The van der Waals surface area contributed by atoms with E-state index in [0.29, 0.717) is 0 Å². The van der Waals surface area contributed by atoms with Crippen LogP contribution in [0.4, 0.5) is 22.0 Å². The first-order valence-corrected chi connectivity index (χ1v) is 4.30. The van der Waals surface area contributed by atoms with E-state index in [1.807, 2.05) is 0 Å². The summed E-state index contributed by atoms with van der Waals surface area (Å²) in [4.78, 5) is 2.96. The number of aliphatic hydroxyl groups excluding tert-OH is 1. The molecule has 1 N–H and O–H groups in total. The van der Waals surface area contributed by atoms with Gasteiger partial charge in [0, 0.05) is 11.8 Å². The van der Waals surface area contributed by atoms with Crippen molar-refractivity contribution in [1.29, 1.82) is 0 Å². The first kappa shape index (κ1) is 13.1. The maximum absolute atomic E-state index is 12.3. The fourth-order valence-electron chi connectivity index (χ4n) is 1.08. The highest BCUT2D eigenvalue weighted by Crippen LogP contribution is 2.38. The van der Waals surface area contributed by atoms with E-state index in [9.17, 15) is 22.0 Å². The van der Waals surface area contributed by atoms with Crippen molar-refractivity contribution in [2.24, 2.45) is 0 Å². The predicted octanol–water partition coefficient (Wildman–Crippen LogP) is 3.18. The number of aromatic nitrogens is 1. The standard InChI is InChI=1S/C8H5ClF5NO/c9-5-3(2-16)6(7(10)11)15-1-4(5)8(12,13)14/h1,7,16H,2H2. The number of rotatable bonds is 2. The molecule has 1 rings (SSSR count). The molecule has 16 heavy (non-hydrogen) atoms. The summed E-state index contributed by atoms with van der Waals surface area (Å²) in [6, 6.07) is 0. The molecule has 0 saturated heterocycles. The zero-order valence-corrected chi connectivity index (χ0v) is 8.28. The van der Waals surface area contributed by atoms with Crippen LogP contribution in [0, 0.1) is 0 Å². The molecule has 0 atom stereocenters. The lowest BCUT2D eigenvalue weighted by Gasteiger charge is -2.13. The van der Waals surface area contributed by atoms with Gasteiger partial charge in [0.05, 0.1) is 17.2 Å². The number of halogens is 6. The molecule has 0 spiro atoms. The van der Waals surface area contributed by atoms with Gasteiger partial charge in [0.2, 0.25) is 0 Å². The van der Waals surface area contributed by atoms with E-state index in [1.54, 1.807) is 0 Å². The van der Waals surface area contributed by atoms with Crippen molar-refractivity contribution in [2.75, 3.05) is 0 Å². The molecule has 90 valence electrons. The third-order valence-electron chi connectivity index (χ3n) is 1.81. The van der Waals surface area contributed by atoms with Crippen LogP contribution in [-0.4, -0.2) is 10.1 Å². The first-order valence-electron chi connectivity index (χ1n) is 3.92.